The lowest BCUT2D eigenvalue weighted by atomic mass is 10.2. The van der Waals surface area contributed by atoms with Gasteiger partial charge >= 0.3 is 5.69 Å². The first-order chi connectivity index (χ1) is 14.6. The van der Waals surface area contributed by atoms with E-state index in [0.29, 0.717) is 24.7 Å². The third-order valence-electron chi connectivity index (χ3n) is 5.35. The number of anilines is 3. The highest BCUT2D eigenvalue weighted by molar-refractivity contribution is 5.75. The number of rotatable bonds is 6. The van der Waals surface area contributed by atoms with Gasteiger partial charge in [-0.15, -0.1) is 0 Å². The summed E-state index contributed by atoms with van der Waals surface area (Å²) in [5.74, 6) is 0.676. The second kappa shape index (κ2) is 8.87. The molecule has 0 unspecified atom stereocenters. The molecule has 1 aliphatic heterocycles. The minimum absolute atomic E-state index is 0.0552. The van der Waals surface area contributed by atoms with Gasteiger partial charge in [0.2, 0.25) is 11.6 Å². The van der Waals surface area contributed by atoms with Crippen LogP contribution in [0.5, 0.6) is 0 Å². The van der Waals surface area contributed by atoms with E-state index in [2.05, 4.69) is 27.0 Å². The highest BCUT2D eigenvalue weighted by atomic mass is 16.6. The predicted octanol–water partition coefficient (Wildman–Crippen LogP) is 3.47. The average Bonchev–Trinajstić information content (AvgIpc) is 2.80. The Kier molecular flexibility index (Phi) is 5.85. The maximum atomic E-state index is 12.0. The lowest BCUT2D eigenvalue weighted by molar-refractivity contribution is -0.383. The van der Waals surface area contributed by atoms with Crippen molar-refractivity contribution in [1.29, 1.82) is 0 Å². The van der Waals surface area contributed by atoms with Crippen LogP contribution in [0.4, 0.5) is 23.0 Å². The van der Waals surface area contributed by atoms with Crippen molar-refractivity contribution in [2.45, 2.75) is 6.54 Å². The number of piperazine rings is 1. The predicted molar refractivity (Wildman–Crippen MR) is 117 cm³/mol. The van der Waals surface area contributed by atoms with Gasteiger partial charge in [-0.2, -0.15) is 0 Å². The number of nitrogens with zero attached hydrogens (tertiary/aromatic N) is 6. The van der Waals surface area contributed by atoms with Crippen molar-refractivity contribution in [2.75, 3.05) is 43.0 Å². The molecule has 3 aromatic rings. The van der Waals surface area contributed by atoms with E-state index in [9.17, 15) is 10.1 Å². The van der Waals surface area contributed by atoms with Crippen molar-refractivity contribution in [3.8, 4) is 0 Å². The molecular formula is C22H24N6O2. The van der Waals surface area contributed by atoms with Gasteiger partial charge in [-0.3, -0.25) is 15.0 Å². The van der Waals surface area contributed by atoms with E-state index in [1.165, 1.54) is 11.9 Å². The molecule has 30 heavy (non-hydrogen) atoms. The first kappa shape index (κ1) is 19.8. The van der Waals surface area contributed by atoms with E-state index in [4.69, 9.17) is 0 Å². The summed E-state index contributed by atoms with van der Waals surface area (Å²) >= 11 is 0. The molecule has 1 aliphatic rings. The summed E-state index contributed by atoms with van der Waals surface area (Å²) in [4.78, 5) is 26.2. The molecule has 0 N–H and O–H groups in total. The van der Waals surface area contributed by atoms with Crippen LogP contribution in [0.25, 0.3) is 0 Å². The Labute approximate surface area is 175 Å². The fourth-order valence-electron chi connectivity index (χ4n) is 3.73. The molecule has 8 nitrogen and oxygen atoms in total. The Morgan fingerprint density at radius 2 is 1.60 bits per heavy atom. The zero-order chi connectivity index (χ0) is 20.9. The zero-order valence-corrected chi connectivity index (χ0v) is 16.9. The molecule has 154 valence electrons. The fraction of sp³-hybridized carbons (Fsp3) is 0.273. The summed E-state index contributed by atoms with van der Waals surface area (Å²) in [6, 6.07) is 19.8. The Hall–Kier alpha value is -3.52. The third-order valence-corrected chi connectivity index (χ3v) is 5.35. The molecule has 0 bridgehead atoms. The number of hydrogen-bond acceptors (Lipinski definition) is 7. The quantitative estimate of drug-likeness (QED) is 0.460. The molecule has 0 spiro atoms. The van der Waals surface area contributed by atoms with Crippen LogP contribution in [0.15, 0.2) is 67.0 Å². The summed E-state index contributed by atoms with van der Waals surface area (Å²) in [5.41, 5.74) is 2.05. The van der Waals surface area contributed by atoms with Gasteiger partial charge < -0.3 is 9.80 Å². The normalized spacial score (nSPS) is 14.5. The van der Waals surface area contributed by atoms with Crippen molar-refractivity contribution < 1.29 is 4.92 Å². The summed E-state index contributed by atoms with van der Waals surface area (Å²) < 4.78 is 0. The third kappa shape index (κ3) is 4.23. The molecule has 2 heterocycles. The lowest BCUT2D eigenvalue weighted by Crippen LogP contribution is -2.46. The standard InChI is InChI=1S/C22H24N6O2/c1-25(19-10-6-3-7-11-19)21-20(28(29)30)22(24-17-23-21)27-14-12-26(13-15-27)16-18-8-4-2-5-9-18/h2-11,17H,12-16H2,1H3. The van der Waals surface area contributed by atoms with Crippen molar-refractivity contribution in [3.05, 3.63) is 82.7 Å². The molecule has 8 heteroatoms. The highest BCUT2D eigenvalue weighted by Crippen LogP contribution is 2.36. The van der Waals surface area contributed by atoms with Crippen LogP contribution >= 0.6 is 0 Å². The summed E-state index contributed by atoms with van der Waals surface area (Å²) in [6.07, 6.45) is 1.41. The van der Waals surface area contributed by atoms with Crippen molar-refractivity contribution in [3.63, 3.8) is 0 Å². The maximum Gasteiger partial charge on any atom is 0.353 e. The van der Waals surface area contributed by atoms with E-state index >= 15 is 0 Å². The van der Waals surface area contributed by atoms with Crippen molar-refractivity contribution >= 4 is 23.0 Å². The second-order valence-corrected chi connectivity index (χ2v) is 7.27. The SMILES string of the molecule is CN(c1ccccc1)c1ncnc(N2CCN(Cc3ccccc3)CC2)c1[N+](=O)[O-]. The number of nitro groups is 1. The van der Waals surface area contributed by atoms with Crippen LogP contribution in [0.1, 0.15) is 5.56 Å². The van der Waals surface area contributed by atoms with Gasteiger partial charge in [0.25, 0.3) is 0 Å². The number of aromatic nitrogens is 2. The summed E-state index contributed by atoms with van der Waals surface area (Å²) in [5, 5.41) is 12.0. The minimum Gasteiger partial charge on any atom is -0.348 e. The van der Waals surface area contributed by atoms with Crippen LogP contribution in [0.2, 0.25) is 0 Å². The van der Waals surface area contributed by atoms with E-state index in [-0.39, 0.29) is 10.6 Å². The van der Waals surface area contributed by atoms with E-state index in [1.54, 1.807) is 11.9 Å². The maximum absolute atomic E-state index is 12.0. The van der Waals surface area contributed by atoms with Gasteiger partial charge in [0.15, 0.2) is 0 Å². The van der Waals surface area contributed by atoms with Gasteiger partial charge in [0.05, 0.1) is 4.92 Å². The molecule has 0 saturated carbocycles. The second-order valence-electron chi connectivity index (χ2n) is 7.27. The van der Waals surface area contributed by atoms with Crippen molar-refractivity contribution in [2.24, 2.45) is 0 Å². The fourth-order valence-corrected chi connectivity index (χ4v) is 3.73. The van der Waals surface area contributed by atoms with Gasteiger partial charge in [0.1, 0.15) is 6.33 Å². The zero-order valence-electron chi connectivity index (χ0n) is 16.9. The van der Waals surface area contributed by atoms with Crippen LogP contribution in [0, 0.1) is 10.1 Å². The van der Waals surface area contributed by atoms with Crippen LogP contribution < -0.4 is 9.80 Å². The van der Waals surface area contributed by atoms with Crippen LogP contribution in [-0.4, -0.2) is 53.0 Å². The number of benzene rings is 2. The lowest BCUT2D eigenvalue weighted by Gasteiger charge is -2.35. The Morgan fingerprint density at radius 1 is 0.967 bits per heavy atom. The molecule has 0 amide bonds. The average molecular weight is 404 g/mol. The summed E-state index contributed by atoms with van der Waals surface area (Å²) in [6.45, 7) is 3.88. The molecule has 1 fully saturated rings. The first-order valence-electron chi connectivity index (χ1n) is 9.93. The number of para-hydroxylation sites is 1. The van der Waals surface area contributed by atoms with E-state index in [1.807, 2.05) is 53.4 Å². The molecule has 0 radical (unpaired) electrons. The summed E-state index contributed by atoms with van der Waals surface area (Å²) in [7, 11) is 1.78. The van der Waals surface area contributed by atoms with Gasteiger partial charge in [-0.1, -0.05) is 48.5 Å². The Morgan fingerprint density at radius 3 is 2.23 bits per heavy atom. The first-order valence-corrected chi connectivity index (χ1v) is 9.93. The monoisotopic (exact) mass is 404 g/mol. The number of hydrogen-bond donors (Lipinski definition) is 0. The van der Waals surface area contributed by atoms with E-state index < -0.39 is 0 Å². The van der Waals surface area contributed by atoms with Gasteiger partial charge in [0, 0.05) is 45.5 Å². The van der Waals surface area contributed by atoms with Gasteiger partial charge in [-0.25, -0.2) is 9.97 Å². The molecule has 4 rings (SSSR count). The molecule has 1 saturated heterocycles. The van der Waals surface area contributed by atoms with Gasteiger partial charge in [-0.05, 0) is 17.7 Å². The molecule has 1 aromatic heterocycles. The Balaban J connectivity index is 1.54. The topological polar surface area (TPSA) is 78.6 Å². The molecule has 2 aromatic carbocycles. The Bertz CT molecular complexity index is 991. The van der Waals surface area contributed by atoms with Crippen LogP contribution in [0.3, 0.4) is 0 Å². The van der Waals surface area contributed by atoms with E-state index in [0.717, 1.165) is 25.3 Å². The largest absolute Gasteiger partial charge is 0.353 e. The van der Waals surface area contributed by atoms with Crippen LogP contribution in [-0.2, 0) is 6.54 Å². The highest BCUT2D eigenvalue weighted by Gasteiger charge is 2.31. The minimum atomic E-state index is -0.375. The smallest absolute Gasteiger partial charge is 0.348 e. The molecule has 0 atom stereocenters. The van der Waals surface area contributed by atoms with Crippen molar-refractivity contribution in [1.82, 2.24) is 14.9 Å². The molecular weight excluding hydrogens is 380 g/mol. The molecule has 0 aliphatic carbocycles.